The third-order valence-electron chi connectivity index (χ3n) is 5.59. The second kappa shape index (κ2) is 10.9. The van der Waals surface area contributed by atoms with E-state index in [1.165, 1.54) is 47.4 Å². The lowest BCUT2D eigenvalue weighted by atomic mass is 10.1. The zero-order valence-electron chi connectivity index (χ0n) is 19.8. The lowest BCUT2D eigenvalue weighted by Crippen LogP contribution is -2.18. The first-order valence-electron chi connectivity index (χ1n) is 11.5. The predicted molar refractivity (Wildman–Crippen MR) is 149 cm³/mol. The van der Waals surface area contributed by atoms with Crippen LogP contribution >= 0.6 is 23.1 Å². The molecule has 5 aromatic rings. The Bertz CT molecular complexity index is 1550. The van der Waals surface area contributed by atoms with Crippen LogP contribution in [0.5, 0.6) is 0 Å². The van der Waals surface area contributed by atoms with E-state index in [1.54, 1.807) is 12.1 Å². The number of nitrogens with zero attached hydrogens (tertiary/aromatic N) is 1. The molecule has 0 spiro atoms. The number of benzene rings is 4. The quantitative estimate of drug-likeness (QED) is 0.215. The fraction of sp³-hybridized carbons (Fsp3) is 0.0690. The van der Waals surface area contributed by atoms with Gasteiger partial charge < -0.3 is 10.6 Å². The van der Waals surface area contributed by atoms with Gasteiger partial charge in [0.25, 0.3) is 5.91 Å². The van der Waals surface area contributed by atoms with E-state index in [9.17, 15) is 14.0 Å². The van der Waals surface area contributed by atoms with Crippen LogP contribution in [0.2, 0.25) is 0 Å². The molecule has 5 nitrogen and oxygen atoms in total. The van der Waals surface area contributed by atoms with Gasteiger partial charge in [0.05, 0.1) is 10.2 Å². The molecule has 1 unspecified atom stereocenters. The van der Waals surface area contributed by atoms with E-state index in [4.69, 9.17) is 0 Å². The van der Waals surface area contributed by atoms with E-state index in [1.807, 2.05) is 61.5 Å². The highest BCUT2D eigenvalue weighted by Gasteiger charge is 2.23. The maximum atomic E-state index is 13.4. The van der Waals surface area contributed by atoms with Gasteiger partial charge in [0.1, 0.15) is 11.1 Å². The van der Waals surface area contributed by atoms with Gasteiger partial charge in [-0.2, -0.15) is 0 Å². The van der Waals surface area contributed by atoms with Gasteiger partial charge >= 0.3 is 0 Å². The highest BCUT2D eigenvalue weighted by atomic mass is 32.2. The molecule has 0 radical (unpaired) electrons. The fourth-order valence-electron chi connectivity index (χ4n) is 3.71. The van der Waals surface area contributed by atoms with Crippen LogP contribution in [0.15, 0.2) is 102 Å². The van der Waals surface area contributed by atoms with Crippen LogP contribution in [0.1, 0.15) is 26.7 Å². The molecular weight excluding hydrogens is 505 g/mol. The summed E-state index contributed by atoms with van der Waals surface area (Å²) in [6, 6.07) is 28.2. The monoisotopic (exact) mass is 527 g/mol. The minimum absolute atomic E-state index is 0.166. The third-order valence-corrected chi connectivity index (χ3v) is 7.79. The van der Waals surface area contributed by atoms with Crippen LogP contribution in [0, 0.1) is 12.7 Å². The molecule has 37 heavy (non-hydrogen) atoms. The van der Waals surface area contributed by atoms with Crippen molar-refractivity contribution in [2.24, 2.45) is 0 Å². The summed E-state index contributed by atoms with van der Waals surface area (Å²) in [5, 5.41) is 5.85. The number of carbonyl (C=O) groups is 2. The molecule has 1 heterocycles. The van der Waals surface area contributed by atoms with E-state index < -0.39 is 11.1 Å². The van der Waals surface area contributed by atoms with Crippen molar-refractivity contribution in [1.82, 2.24) is 4.98 Å². The van der Waals surface area contributed by atoms with Gasteiger partial charge in [-0.15, -0.1) is 11.8 Å². The maximum absolute atomic E-state index is 13.4. The second-order valence-corrected chi connectivity index (χ2v) is 10.6. The van der Waals surface area contributed by atoms with Gasteiger partial charge in [0, 0.05) is 16.1 Å². The number of nitrogens with one attached hydrogen (secondary N) is 2. The molecule has 8 heteroatoms. The van der Waals surface area contributed by atoms with Crippen molar-refractivity contribution in [3.63, 3.8) is 0 Å². The number of fused-ring (bicyclic) bond motifs is 1. The Hall–Kier alpha value is -4.01. The molecule has 0 bridgehead atoms. The number of hydrogen-bond acceptors (Lipinski definition) is 5. The first kappa shape index (κ1) is 24.7. The van der Waals surface area contributed by atoms with Gasteiger partial charge in [-0.05, 0) is 78.7 Å². The molecule has 2 amide bonds. The molecule has 0 aliphatic heterocycles. The lowest BCUT2D eigenvalue weighted by molar-refractivity contribution is -0.115. The Morgan fingerprint density at radius 3 is 2.35 bits per heavy atom. The molecule has 0 fully saturated rings. The minimum Gasteiger partial charge on any atom is -0.322 e. The average molecular weight is 528 g/mol. The van der Waals surface area contributed by atoms with E-state index in [0.29, 0.717) is 16.4 Å². The maximum Gasteiger partial charge on any atom is 0.255 e. The largest absolute Gasteiger partial charge is 0.322 e. The first-order chi connectivity index (χ1) is 17.9. The van der Waals surface area contributed by atoms with Crippen molar-refractivity contribution < 1.29 is 14.0 Å². The minimum atomic E-state index is -0.505. The lowest BCUT2D eigenvalue weighted by Gasteiger charge is -2.16. The van der Waals surface area contributed by atoms with Crippen molar-refractivity contribution in [1.29, 1.82) is 0 Å². The number of aryl methyl sites for hydroxylation is 1. The van der Waals surface area contributed by atoms with Crippen molar-refractivity contribution in [3.05, 3.63) is 120 Å². The number of rotatable bonds is 7. The predicted octanol–water partition coefficient (Wildman–Crippen LogP) is 7.47. The fourth-order valence-corrected chi connectivity index (χ4v) is 5.71. The molecule has 1 atom stereocenters. The smallest absolute Gasteiger partial charge is 0.255 e. The molecule has 5 rings (SSSR count). The van der Waals surface area contributed by atoms with Crippen LogP contribution in [0.4, 0.5) is 15.2 Å². The highest BCUT2D eigenvalue weighted by molar-refractivity contribution is 8.00. The SMILES string of the molecule is Cc1ccc2nc(NC(=O)C(Sc3ccc(NC(=O)c4ccc(F)cc4)cc3)c3ccccc3)sc2c1. The van der Waals surface area contributed by atoms with Crippen LogP contribution in [0.25, 0.3) is 10.2 Å². The highest BCUT2D eigenvalue weighted by Crippen LogP contribution is 2.37. The van der Waals surface area contributed by atoms with E-state index in [0.717, 1.165) is 26.2 Å². The second-order valence-electron chi connectivity index (χ2n) is 8.37. The first-order valence-corrected chi connectivity index (χ1v) is 13.2. The molecule has 1 aromatic heterocycles. The molecule has 2 N–H and O–H groups in total. The van der Waals surface area contributed by atoms with E-state index in [2.05, 4.69) is 21.7 Å². The van der Waals surface area contributed by atoms with Crippen LogP contribution in [-0.4, -0.2) is 16.8 Å². The Labute approximate surface area is 221 Å². The standard InChI is InChI=1S/C29H22FN3O2S2/c1-18-7-16-24-25(17-18)37-29(32-24)33-28(35)26(19-5-3-2-4-6-19)36-23-14-12-22(13-15-23)31-27(34)20-8-10-21(30)11-9-20/h2-17,26H,1H3,(H,31,34)(H,32,33,35). The molecule has 0 saturated heterocycles. The summed E-state index contributed by atoms with van der Waals surface area (Å²) >= 11 is 2.87. The van der Waals surface area contributed by atoms with Gasteiger partial charge in [-0.3, -0.25) is 9.59 Å². The Kier molecular flexibility index (Phi) is 7.30. The Morgan fingerprint density at radius 1 is 0.892 bits per heavy atom. The molecule has 0 aliphatic rings. The molecule has 0 saturated carbocycles. The summed E-state index contributed by atoms with van der Waals surface area (Å²) in [6.45, 7) is 2.03. The number of halogens is 1. The van der Waals surface area contributed by atoms with E-state index >= 15 is 0 Å². The average Bonchev–Trinajstić information content (AvgIpc) is 3.30. The number of amides is 2. The zero-order valence-corrected chi connectivity index (χ0v) is 21.4. The molecule has 4 aromatic carbocycles. The third kappa shape index (κ3) is 6.04. The number of thioether (sulfide) groups is 1. The van der Waals surface area contributed by atoms with Crippen LogP contribution in [0.3, 0.4) is 0 Å². The number of hydrogen-bond donors (Lipinski definition) is 2. The van der Waals surface area contributed by atoms with Gasteiger partial charge in [0.15, 0.2) is 5.13 Å². The number of thiazole rings is 1. The van der Waals surface area contributed by atoms with Crippen molar-refractivity contribution >= 4 is 55.9 Å². The van der Waals surface area contributed by atoms with Crippen molar-refractivity contribution in [3.8, 4) is 0 Å². The summed E-state index contributed by atoms with van der Waals surface area (Å²) in [7, 11) is 0. The Morgan fingerprint density at radius 2 is 1.62 bits per heavy atom. The molecule has 184 valence electrons. The van der Waals surface area contributed by atoms with E-state index in [-0.39, 0.29) is 11.8 Å². The summed E-state index contributed by atoms with van der Waals surface area (Å²) in [4.78, 5) is 31.3. The van der Waals surface area contributed by atoms with Gasteiger partial charge in [-0.25, -0.2) is 9.37 Å². The van der Waals surface area contributed by atoms with Crippen LogP contribution < -0.4 is 10.6 Å². The van der Waals surface area contributed by atoms with Crippen molar-refractivity contribution in [2.45, 2.75) is 17.1 Å². The van der Waals surface area contributed by atoms with Crippen molar-refractivity contribution in [2.75, 3.05) is 10.6 Å². The zero-order chi connectivity index (χ0) is 25.8. The Balaban J connectivity index is 1.31. The number of anilines is 2. The van der Waals surface area contributed by atoms with Crippen LogP contribution in [-0.2, 0) is 4.79 Å². The van der Waals surface area contributed by atoms with Gasteiger partial charge in [0.2, 0.25) is 5.91 Å². The summed E-state index contributed by atoms with van der Waals surface area (Å²) < 4.78 is 14.2. The van der Waals surface area contributed by atoms with Gasteiger partial charge in [-0.1, -0.05) is 47.7 Å². The summed E-state index contributed by atoms with van der Waals surface area (Å²) in [6.07, 6.45) is 0. The summed E-state index contributed by atoms with van der Waals surface area (Å²) in [5.41, 5.74) is 3.84. The number of carbonyl (C=O) groups excluding carboxylic acids is 2. The number of aromatic nitrogens is 1. The normalized spacial score (nSPS) is 11.7. The topological polar surface area (TPSA) is 71.1 Å². The molecular formula is C29H22FN3O2S2. The molecule has 0 aliphatic carbocycles. The summed E-state index contributed by atoms with van der Waals surface area (Å²) in [5.74, 6) is -0.887.